The summed E-state index contributed by atoms with van der Waals surface area (Å²) in [6, 6.07) is 13.1. The standard InChI is InChI=1S/C27H18N6OS/c1-12-30-20-10-34-26-17(22(20)31-12)6-4-15-8-21(35-27(15)26)14-3-5-16-18(7-14)19-9-28-11-29-23(19)25-24(16)32-13(2)33-25/h3-9,11H,10H2,1-2H3,(H,30,31)(H,32,33). The Labute approximate surface area is 202 Å². The molecule has 0 radical (unpaired) electrons. The van der Waals surface area contributed by atoms with E-state index in [1.807, 2.05) is 20.0 Å². The van der Waals surface area contributed by atoms with Crippen LogP contribution in [0.2, 0.25) is 0 Å². The smallest absolute Gasteiger partial charge is 0.147 e. The fourth-order valence-corrected chi connectivity index (χ4v) is 6.43. The Morgan fingerprint density at radius 3 is 2.77 bits per heavy atom. The number of rotatable bonds is 1. The summed E-state index contributed by atoms with van der Waals surface area (Å²) in [4.78, 5) is 26.2. The van der Waals surface area contributed by atoms with E-state index >= 15 is 0 Å². The lowest BCUT2D eigenvalue weighted by Crippen LogP contribution is -2.05. The van der Waals surface area contributed by atoms with E-state index in [1.54, 1.807) is 17.7 Å². The van der Waals surface area contributed by atoms with Gasteiger partial charge in [0, 0.05) is 27.4 Å². The Hall–Kier alpha value is -4.30. The Morgan fingerprint density at radius 2 is 1.83 bits per heavy atom. The van der Waals surface area contributed by atoms with Gasteiger partial charge < -0.3 is 14.7 Å². The van der Waals surface area contributed by atoms with Gasteiger partial charge in [0.05, 0.1) is 32.6 Å². The molecular weight excluding hydrogens is 456 g/mol. The number of thiophene rings is 1. The van der Waals surface area contributed by atoms with Gasteiger partial charge in [-0.3, -0.25) is 0 Å². The molecule has 0 saturated heterocycles. The number of fused-ring (bicyclic) bond motifs is 11. The van der Waals surface area contributed by atoms with E-state index < -0.39 is 0 Å². The molecule has 7 nitrogen and oxygen atoms in total. The van der Waals surface area contributed by atoms with Crippen molar-refractivity contribution in [1.82, 2.24) is 29.9 Å². The molecule has 0 amide bonds. The number of H-pyrrole nitrogens is 2. The molecular formula is C27H18N6OS. The number of hydrogen-bond acceptors (Lipinski definition) is 6. The van der Waals surface area contributed by atoms with E-state index in [1.165, 1.54) is 10.3 Å². The molecule has 0 aliphatic carbocycles. The first kappa shape index (κ1) is 19.1. The third-order valence-electron chi connectivity index (χ3n) is 6.77. The van der Waals surface area contributed by atoms with E-state index in [2.05, 4.69) is 56.3 Å². The van der Waals surface area contributed by atoms with Crippen molar-refractivity contribution in [1.29, 1.82) is 0 Å². The first-order valence-electron chi connectivity index (χ1n) is 11.4. The molecule has 0 atom stereocenters. The molecule has 0 fully saturated rings. The summed E-state index contributed by atoms with van der Waals surface area (Å²) in [5.74, 6) is 2.71. The van der Waals surface area contributed by atoms with Crippen LogP contribution in [0.3, 0.4) is 0 Å². The molecule has 0 bridgehead atoms. The van der Waals surface area contributed by atoms with Crippen LogP contribution in [0.15, 0.2) is 48.9 Å². The Kier molecular flexibility index (Phi) is 3.61. The summed E-state index contributed by atoms with van der Waals surface area (Å²) in [5.41, 5.74) is 7.03. The van der Waals surface area contributed by atoms with Crippen molar-refractivity contribution in [2.24, 2.45) is 0 Å². The molecule has 8 rings (SSSR count). The molecule has 0 unspecified atom stereocenters. The van der Waals surface area contributed by atoms with Crippen LogP contribution in [0, 0.1) is 13.8 Å². The summed E-state index contributed by atoms with van der Waals surface area (Å²) < 4.78 is 7.36. The molecule has 168 valence electrons. The van der Waals surface area contributed by atoms with E-state index in [4.69, 9.17) is 14.7 Å². The lowest BCUT2D eigenvalue weighted by Gasteiger charge is -2.17. The summed E-state index contributed by atoms with van der Waals surface area (Å²) in [5, 5.41) is 4.39. The quantitative estimate of drug-likeness (QED) is 0.267. The van der Waals surface area contributed by atoms with Crippen molar-refractivity contribution in [3.8, 4) is 27.4 Å². The molecule has 35 heavy (non-hydrogen) atoms. The van der Waals surface area contributed by atoms with Crippen molar-refractivity contribution in [2.45, 2.75) is 20.5 Å². The maximum absolute atomic E-state index is 6.22. The zero-order chi connectivity index (χ0) is 23.3. The van der Waals surface area contributed by atoms with Crippen LogP contribution in [0.1, 0.15) is 17.3 Å². The minimum absolute atomic E-state index is 0.510. The third-order valence-corrected chi connectivity index (χ3v) is 7.97. The summed E-state index contributed by atoms with van der Waals surface area (Å²) in [6.07, 6.45) is 3.48. The maximum Gasteiger partial charge on any atom is 0.147 e. The molecule has 7 aromatic rings. The zero-order valence-corrected chi connectivity index (χ0v) is 19.7. The number of nitrogens with one attached hydrogen (secondary N) is 2. The van der Waals surface area contributed by atoms with Gasteiger partial charge in [-0.25, -0.2) is 19.9 Å². The van der Waals surface area contributed by atoms with Gasteiger partial charge in [-0.2, -0.15) is 0 Å². The molecule has 0 saturated carbocycles. The van der Waals surface area contributed by atoms with Crippen LogP contribution in [0.5, 0.6) is 5.75 Å². The van der Waals surface area contributed by atoms with Gasteiger partial charge in [-0.1, -0.05) is 18.2 Å². The topological polar surface area (TPSA) is 92.4 Å². The highest BCUT2D eigenvalue weighted by atomic mass is 32.1. The maximum atomic E-state index is 6.22. The average molecular weight is 475 g/mol. The molecule has 1 aliphatic heterocycles. The number of ether oxygens (including phenoxy) is 1. The van der Waals surface area contributed by atoms with Crippen LogP contribution in [-0.4, -0.2) is 29.9 Å². The molecule has 5 heterocycles. The molecule has 1 aliphatic rings. The molecule has 4 aromatic heterocycles. The molecule has 3 aromatic carbocycles. The van der Waals surface area contributed by atoms with E-state index in [9.17, 15) is 0 Å². The largest absolute Gasteiger partial charge is 0.485 e. The predicted molar refractivity (Wildman–Crippen MR) is 139 cm³/mol. The fourth-order valence-electron chi connectivity index (χ4n) is 5.27. The predicted octanol–water partition coefficient (Wildman–Crippen LogP) is 6.44. The second-order valence-electron chi connectivity index (χ2n) is 9.00. The van der Waals surface area contributed by atoms with Gasteiger partial charge in [0.1, 0.15) is 30.3 Å². The number of benzene rings is 3. The van der Waals surface area contributed by atoms with Gasteiger partial charge in [0.25, 0.3) is 0 Å². The molecule has 8 heteroatoms. The second kappa shape index (κ2) is 6.64. The highest BCUT2D eigenvalue weighted by Gasteiger charge is 2.24. The third kappa shape index (κ3) is 2.60. The average Bonchev–Trinajstić information content (AvgIpc) is 3.59. The summed E-state index contributed by atoms with van der Waals surface area (Å²) in [7, 11) is 0. The number of imidazole rings is 2. The van der Waals surface area contributed by atoms with Crippen LogP contribution in [0.25, 0.3) is 64.5 Å². The normalized spacial score (nSPS) is 13.0. The number of hydrogen-bond donors (Lipinski definition) is 2. The van der Waals surface area contributed by atoms with Crippen molar-refractivity contribution in [3.63, 3.8) is 0 Å². The van der Waals surface area contributed by atoms with Crippen molar-refractivity contribution in [3.05, 3.63) is 66.3 Å². The summed E-state index contributed by atoms with van der Waals surface area (Å²) in [6.45, 7) is 4.46. The number of aromatic nitrogens is 6. The first-order valence-corrected chi connectivity index (χ1v) is 12.2. The van der Waals surface area contributed by atoms with E-state index in [0.717, 1.165) is 77.3 Å². The van der Waals surface area contributed by atoms with Crippen molar-refractivity contribution in [2.75, 3.05) is 0 Å². The number of nitrogens with zero attached hydrogens (tertiary/aromatic N) is 4. The van der Waals surface area contributed by atoms with Gasteiger partial charge in [0.15, 0.2) is 0 Å². The Bertz CT molecular complexity index is 2000. The molecule has 2 N–H and O–H groups in total. The Morgan fingerprint density at radius 1 is 0.914 bits per heavy atom. The first-order chi connectivity index (χ1) is 17.1. The van der Waals surface area contributed by atoms with E-state index in [-0.39, 0.29) is 0 Å². The SMILES string of the molecule is Cc1nc2c([nH]1)COc1c-2ccc2cc(-c3ccc4c(c3)c3cncnc3c3[nH]c(C)nc43)sc12. The van der Waals surface area contributed by atoms with Gasteiger partial charge >= 0.3 is 0 Å². The number of aryl methyl sites for hydroxylation is 2. The van der Waals surface area contributed by atoms with Gasteiger partial charge in [0.2, 0.25) is 0 Å². The Balaban J connectivity index is 1.36. The monoisotopic (exact) mass is 474 g/mol. The minimum atomic E-state index is 0.510. The second-order valence-corrected chi connectivity index (χ2v) is 10.1. The zero-order valence-electron chi connectivity index (χ0n) is 18.9. The minimum Gasteiger partial charge on any atom is -0.485 e. The lowest BCUT2D eigenvalue weighted by molar-refractivity contribution is 0.302. The van der Waals surface area contributed by atoms with E-state index in [0.29, 0.717) is 6.61 Å². The van der Waals surface area contributed by atoms with Crippen molar-refractivity contribution >= 4 is 54.1 Å². The van der Waals surface area contributed by atoms with Crippen molar-refractivity contribution < 1.29 is 4.74 Å². The van der Waals surface area contributed by atoms with Crippen LogP contribution >= 0.6 is 11.3 Å². The lowest BCUT2D eigenvalue weighted by atomic mass is 10.0. The number of aromatic amines is 2. The van der Waals surface area contributed by atoms with Gasteiger partial charge in [-0.05, 0) is 48.4 Å². The van der Waals surface area contributed by atoms with Crippen LogP contribution in [0.4, 0.5) is 0 Å². The van der Waals surface area contributed by atoms with Crippen LogP contribution < -0.4 is 4.74 Å². The summed E-state index contributed by atoms with van der Waals surface area (Å²) >= 11 is 1.75. The fraction of sp³-hybridized carbons (Fsp3) is 0.111. The highest BCUT2D eigenvalue weighted by Crippen LogP contribution is 2.47. The van der Waals surface area contributed by atoms with Gasteiger partial charge in [-0.15, -0.1) is 11.3 Å². The highest BCUT2D eigenvalue weighted by molar-refractivity contribution is 7.22. The van der Waals surface area contributed by atoms with Crippen LogP contribution in [-0.2, 0) is 6.61 Å². The molecule has 0 spiro atoms.